The van der Waals surface area contributed by atoms with Crippen LogP contribution in [0.2, 0.25) is 0 Å². The number of hydrogen-bond donors (Lipinski definition) is 0. The van der Waals surface area contributed by atoms with Crippen LogP contribution >= 0.6 is 0 Å². The van der Waals surface area contributed by atoms with Crippen LogP contribution in [0, 0.1) is 5.92 Å². The molecular weight excluding hydrogens is 194 g/mol. The minimum Gasteiger partial charge on any atom is -0.306 e. The molecule has 0 N–H and O–H groups in total. The van der Waals surface area contributed by atoms with Gasteiger partial charge in [0.15, 0.2) is 0 Å². The van der Waals surface area contributed by atoms with Crippen LogP contribution in [-0.4, -0.2) is 25.0 Å². The maximum absolute atomic E-state index is 2.37. The summed E-state index contributed by atoms with van der Waals surface area (Å²) in [5, 5.41) is 0. The fraction of sp³-hybridized carbons (Fsp3) is 0.600. The number of rotatable bonds is 5. The summed E-state index contributed by atoms with van der Waals surface area (Å²) < 4.78 is 0. The van der Waals surface area contributed by atoms with Gasteiger partial charge in [-0.05, 0) is 31.5 Å². The fourth-order valence-corrected chi connectivity index (χ4v) is 1.74. The van der Waals surface area contributed by atoms with Crippen molar-refractivity contribution in [3.63, 3.8) is 0 Å². The van der Waals surface area contributed by atoms with Gasteiger partial charge in [-0.2, -0.15) is 0 Å². The zero-order valence-electron chi connectivity index (χ0n) is 11.5. The van der Waals surface area contributed by atoms with Crippen LogP contribution in [0.4, 0.5) is 0 Å². The van der Waals surface area contributed by atoms with E-state index in [1.807, 2.05) is 13.8 Å². The predicted octanol–water partition coefficient (Wildman–Crippen LogP) is 3.84. The first kappa shape index (κ1) is 15.2. The average molecular weight is 221 g/mol. The molecule has 0 saturated heterocycles. The Morgan fingerprint density at radius 1 is 1.12 bits per heavy atom. The second-order valence-electron chi connectivity index (χ2n) is 4.15. The van der Waals surface area contributed by atoms with Gasteiger partial charge < -0.3 is 4.90 Å². The number of nitrogens with zero attached hydrogens (tertiary/aromatic N) is 1. The lowest BCUT2D eigenvalue weighted by Gasteiger charge is -2.19. The van der Waals surface area contributed by atoms with Gasteiger partial charge in [0.05, 0.1) is 0 Å². The van der Waals surface area contributed by atoms with Crippen molar-refractivity contribution in [2.75, 3.05) is 20.1 Å². The van der Waals surface area contributed by atoms with Gasteiger partial charge in [-0.25, -0.2) is 0 Å². The Balaban J connectivity index is 0.00000106. The molecule has 0 fully saturated rings. The Hall–Kier alpha value is -0.820. The highest BCUT2D eigenvalue weighted by Gasteiger charge is 2.05. The highest BCUT2D eigenvalue weighted by atomic mass is 15.1. The Morgan fingerprint density at radius 2 is 1.69 bits per heavy atom. The normalized spacial score (nSPS) is 11.9. The molecule has 1 aromatic carbocycles. The van der Waals surface area contributed by atoms with Gasteiger partial charge in [-0.15, -0.1) is 0 Å². The molecule has 1 aromatic rings. The molecule has 16 heavy (non-hydrogen) atoms. The van der Waals surface area contributed by atoms with Gasteiger partial charge >= 0.3 is 0 Å². The Kier molecular flexibility index (Phi) is 8.93. The van der Waals surface area contributed by atoms with Crippen molar-refractivity contribution < 1.29 is 0 Å². The third-order valence-corrected chi connectivity index (χ3v) is 2.59. The Morgan fingerprint density at radius 3 is 2.19 bits per heavy atom. The van der Waals surface area contributed by atoms with Crippen molar-refractivity contribution in [1.82, 2.24) is 4.90 Å². The van der Waals surface area contributed by atoms with Crippen molar-refractivity contribution in [3.8, 4) is 0 Å². The van der Waals surface area contributed by atoms with E-state index in [2.05, 4.69) is 56.1 Å². The van der Waals surface area contributed by atoms with Crippen molar-refractivity contribution in [2.45, 2.75) is 34.1 Å². The Labute approximate surface area is 101 Å². The van der Waals surface area contributed by atoms with Crippen molar-refractivity contribution >= 4 is 0 Å². The van der Waals surface area contributed by atoms with E-state index in [4.69, 9.17) is 0 Å². The summed E-state index contributed by atoms with van der Waals surface area (Å²) >= 11 is 0. The number of benzene rings is 1. The highest BCUT2D eigenvalue weighted by Crippen LogP contribution is 2.08. The lowest BCUT2D eigenvalue weighted by Crippen LogP contribution is -2.25. The monoisotopic (exact) mass is 221 g/mol. The van der Waals surface area contributed by atoms with Gasteiger partial charge in [0, 0.05) is 6.54 Å². The second-order valence-corrected chi connectivity index (χ2v) is 4.15. The van der Waals surface area contributed by atoms with Crippen LogP contribution in [0.1, 0.15) is 33.3 Å². The third kappa shape index (κ3) is 6.62. The quantitative estimate of drug-likeness (QED) is 0.730. The summed E-state index contributed by atoms with van der Waals surface area (Å²) in [7, 11) is 2.18. The van der Waals surface area contributed by atoms with E-state index in [0.29, 0.717) is 0 Å². The molecule has 0 spiro atoms. The maximum Gasteiger partial charge on any atom is 0.000703 e. The summed E-state index contributed by atoms with van der Waals surface area (Å²) in [5.41, 5.74) is 1.45. The molecule has 0 aromatic heterocycles. The zero-order chi connectivity index (χ0) is 12.4. The van der Waals surface area contributed by atoms with Gasteiger partial charge in [0.2, 0.25) is 0 Å². The lowest BCUT2D eigenvalue weighted by molar-refractivity contribution is 0.298. The molecule has 1 heteroatoms. The van der Waals surface area contributed by atoms with E-state index in [-0.39, 0.29) is 0 Å². The van der Waals surface area contributed by atoms with E-state index >= 15 is 0 Å². The van der Waals surface area contributed by atoms with Crippen LogP contribution in [0.15, 0.2) is 30.3 Å². The first-order chi connectivity index (χ1) is 7.72. The van der Waals surface area contributed by atoms with Gasteiger partial charge in [-0.1, -0.05) is 58.0 Å². The third-order valence-electron chi connectivity index (χ3n) is 2.59. The minimum atomic E-state index is 0.738. The molecular formula is C15H27N. The molecule has 0 radical (unpaired) electrons. The first-order valence-corrected chi connectivity index (χ1v) is 6.44. The Bertz CT molecular complexity index is 243. The summed E-state index contributed by atoms with van der Waals surface area (Å²) in [4.78, 5) is 2.37. The molecule has 0 heterocycles. The smallest absolute Gasteiger partial charge is 0.000703 e. The van der Waals surface area contributed by atoms with E-state index in [1.54, 1.807) is 0 Å². The minimum absolute atomic E-state index is 0.738. The molecule has 0 amide bonds. The molecule has 1 nitrogen and oxygen atoms in total. The molecule has 1 unspecified atom stereocenters. The van der Waals surface area contributed by atoms with Gasteiger partial charge in [-0.3, -0.25) is 0 Å². The molecule has 92 valence electrons. The van der Waals surface area contributed by atoms with E-state index in [0.717, 1.165) is 12.5 Å². The molecule has 1 rings (SSSR count). The van der Waals surface area contributed by atoms with Crippen molar-refractivity contribution in [3.05, 3.63) is 35.9 Å². The van der Waals surface area contributed by atoms with E-state index in [9.17, 15) is 0 Å². The average Bonchev–Trinajstić information content (AvgIpc) is 2.32. The predicted molar refractivity (Wildman–Crippen MR) is 73.8 cm³/mol. The summed E-state index contributed by atoms with van der Waals surface area (Å²) in [6.07, 6.45) is 1.19. The molecule has 0 aliphatic rings. The van der Waals surface area contributed by atoms with Crippen LogP contribution in [0.25, 0.3) is 0 Å². The second kappa shape index (κ2) is 9.41. The summed E-state index contributed by atoms with van der Waals surface area (Å²) in [5.74, 6) is 0.738. The standard InChI is InChI=1S/C13H21N.C2H6/c1-4-14(3)11-12(2)10-13-8-6-5-7-9-13;1-2/h5-9,12H,4,10-11H2,1-3H3;1-2H3. The van der Waals surface area contributed by atoms with Crippen LogP contribution in [0.3, 0.4) is 0 Å². The van der Waals surface area contributed by atoms with Crippen molar-refractivity contribution in [2.24, 2.45) is 5.92 Å². The first-order valence-electron chi connectivity index (χ1n) is 6.44. The highest BCUT2D eigenvalue weighted by molar-refractivity contribution is 5.15. The van der Waals surface area contributed by atoms with E-state index < -0.39 is 0 Å². The van der Waals surface area contributed by atoms with Crippen LogP contribution < -0.4 is 0 Å². The molecule has 1 atom stereocenters. The van der Waals surface area contributed by atoms with E-state index in [1.165, 1.54) is 18.5 Å². The number of hydrogen-bond acceptors (Lipinski definition) is 1. The zero-order valence-corrected chi connectivity index (χ0v) is 11.5. The molecule has 0 aliphatic carbocycles. The van der Waals surface area contributed by atoms with Gasteiger partial charge in [0.1, 0.15) is 0 Å². The summed E-state index contributed by atoms with van der Waals surface area (Å²) in [6, 6.07) is 10.7. The summed E-state index contributed by atoms with van der Waals surface area (Å²) in [6.45, 7) is 10.8. The fourth-order valence-electron chi connectivity index (χ4n) is 1.74. The SMILES string of the molecule is CC.CCN(C)CC(C)Cc1ccccc1. The topological polar surface area (TPSA) is 3.24 Å². The lowest BCUT2D eigenvalue weighted by atomic mass is 10.0. The molecule has 0 saturated carbocycles. The molecule has 0 aliphatic heterocycles. The van der Waals surface area contributed by atoms with Crippen molar-refractivity contribution in [1.29, 1.82) is 0 Å². The largest absolute Gasteiger partial charge is 0.306 e. The van der Waals surface area contributed by atoms with Gasteiger partial charge in [0.25, 0.3) is 0 Å². The van der Waals surface area contributed by atoms with Crippen LogP contribution in [0.5, 0.6) is 0 Å². The maximum atomic E-state index is 2.37. The molecule has 0 bridgehead atoms. The van der Waals surface area contributed by atoms with Crippen LogP contribution in [-0.2, 0) is 6.42 Å².